The molecular formula is C16H21N3O. The quantitative estimate of drug-likeness (QED) is 0.927. The smallest absolute Gasteiger partial charge is 0.330 e. The van der Waals surface area contributed by atoms with E-state index in [2.05, 4.69) is 12.1 Å². The van der Waals surface area contributed by atoms with Crippen LogP contribution in [0.5, 0.6) is 0 Å². The van der Waals surface area contributed by atoms with Gasteiger partial charge in [0.05, 0.1) is 5.69 Å². The molecule has 1 aliphatic rings. The number of nitrogens with two attached hydrogens (primary N) is 1. The Bertz CT molecular complexity index is 662. The summed E-state index contributed by atoms with van der Waals surface area (Å²) >= 11 is 0. The van der Waals surface area contributed by atoms with Crippen molar-refractivity contribution in [2.45, 2.75) is 31.1 Å². The van der Waals surface area contributed by atoms with Gasteiger partial charge in [0, 0.05) is 31.4 Å². The topological polar surface area (TPSA) is 52.9 Å². The van der Waals surface area contributed by atoms with Crippen molar-refractivity contribution >= 4 is 0 Å². The number of aromatic nitrogens is 2. The second kappa shape index (κ2) is 4.94. The van der Waals surface area contributed by atoms with Gasteiger partial charge in [-0.05, 0) is 30.5 Å². The Hall–Kier alpha value is -1.81. The van der Waals surface area contributed by atoms with Crippen LogP contribution in [0.15, 0.2) is 41.5 Å². The lowest BCUT2D eigenvalue weighted by Gasteiger charge is -2.28. The zero-order chi connectivity index (χ0) is 14.2. The summed E-state index contributed by atoms with van der Waals surface area (Å²) in [5, 5.41) is 0. The van der Waals surface area contributed by atoms with Gasteiger partial charge in [0.15, 0.2) is 0 Å². The molecule has 1 aliphatic carbocycles. The lowest BCUT2D eigenvalue weighted by atomic mass is 9.79. The van der Waals surface area contributed by atoms with Crippen molar-refractivity contribution < 1.29 is 0 Å². The highest BCUT2D eigenvalue weighted by atomic mass is 16.1. The van der Waals surface area contributed by atoms with Crippen molar-refractivity contribution in [2.75, 3.05) is 6.54 Å². The molecule has 0 bridgehead atoms. The predicted molar refractivity (Wildman–Crippen MR) is 80.2 cm³/mol. The van der Waals surface area contributed by atoms with Crippen LogP contribution in [-0.2, 0) is 12.5 Å². The maximum atomic E-state index is 12.1. The van der Waals surface area contributed by atoms with E-state index < -0.39 is 0 Å². The van der Waals surface area contributed by atoms with Crippen LogP contribution in [-0.4, -0.2) is 15.7 Å². The van der Waals surface area contributed by atoms with Crippen LogP contribution in [0.1, 0.15) is 31.2 Å². The molecule has 1 aromatic heterocycles. The first kappa shape index (κ1) is 13.2. The van der Waals surface area contributed by atoms with Crippen LogP contribution in [0.2, 0.25) is 0 Å². The number of rotatable bonds is 3. The molecule has 0 radical (unpaired) electrons. The van der Waals surface area contributed by atoms with Crippen molar-refractivity contribution in [3.63, 3.8) is 0 Å². The van der Waals surface area contributed by atoms with Gasteiger partial charge in [-0.25, -0.2) is 4.79 Å². The third kappa shape index (κ3) is 2.00. The molecule has 1 saturated carbocycles. The molecule has 0 atom stereocenters. The van der Waals surface area contributed by atoms with Gasteiger partial charge < -0.3 is 10.3 Å². The Kier molecular flexibility index (Phi) is 3.26. The van der Waals surface area contributed by atoms with Gasteiger partial charge in [0.2, 0.25) is 0 Å². The fourth-order valence-corrected chi connectivity index (χ4v) is 3.31. The molecule has 3 rings (SSSR count). The summed E-state index contributed by atoms with van der Waals surface area (Å²) in [6, 6.07) is 8.28. The molecule has 0 amide bonds. The van der Waals surface area contributed by atoms with Gasteiger partial charge in [-0.1, -0.05) is 25.0 Å². The van der Waals surface area contributed by atoms with Crippen molar-refractivity contribution in [1.29, 1.82) is 0 Å². The first-order chi connectivity index (χ1) is 9.66. The number of hydrogen-bond donors (Lipinski definition) is 1. The van der Waals surface area contributed by atoms with Crippen molar-refractivity contribution in [2.24, 2.45) is 12.8 Å². The van der Waals surface area contributed by atoms with Crippen molar-refractivity contribution in [3.05, 3.63) is 52.7 Å². The van der Waals surface area contributed by atoms with Crippen LogP contribution >= 0.6 is 0 Å². The van der Waals surface area contributed by atoms with Crippen LogP contribution in [0.3, 0.4) is 0 Å². The van der Waals surface area contributed by atoms with Gasteiger partial charge in [-0.3, -0.25) is 4.57 Å². The van der Waals surface area contributed by atoms with Crippen LogP contribution in [0, 0.1) is 0 Å². The van der Waals surface area contributed by atoms with E-state index in [4.69, 9.17) is 5.73 Å². The summed E-state index contributed by atoms with van der Waals surface area (Å²) in [6.07, 6.45) is 8.38. The molecule has 2 N–H and O–H groups in total. The Balaban J connectivity index is 2.06. The average molecular weight is 271 g/mol. The third-order valence-electron chi connectivity index (χ3n) is 4.64. The molecule has 106 valence electrons. The first-order valence-corrected chi connectivity index (χ1v) is 7.21. The predicted octanol–water partition coefficient (Wildman–Crippen LogP) is 1.95. The normalized spacial score (nSPS) is 17.5. The molecule has 0 saturated heterocycles. The highest BCUT2D eigenvalue weighted by Gasteiger charge is 2.34. The van der Waals surface area contributed by atoms with Gasteiger partial charge in [0.25, 0.3) is 0 Å². The minimum Gasteiger partial charge on any atom is -0.330 e. The Labute approximate surface area is 118 Å². The number of hydrogen-bond acceptors (Lipinski definition) is 2. The summed E-state index contributed by atoms with van der Waals surface area (Å²) in [5.41, 5.74) is 8.33. The van der Waals surface area contributed by atoms with E-state index in [1.807, 2.05) is 18.3 Å². The van der Waals surface area contributed by atoms with Crippen LogP contribution in [0.25, 0.3) is 5.69 Å². The fraction of sp³-hybridized carbons (Fsp3) is 0.438. The highest BCUT2D eigenvalue weighted by molar-refractivity contribution is 5.40. The van der Waals surface area contributed by atoms with Gasteiger partial charge in [-0.2, -0.15) is 0 Å². The monoisotopic (exact) mass is 271 g/mol. The number of nitrogens with zero attached hydrogens (tertiary/aromatic N) is 2. The zero-order valence-electron chi connectivity index (χ0n) is 11.9. The van der Waals surface area contributed by atoms with E-state index in [0.29, 0.717) is 6.54 Å². The number of imidazole rings is 1. The molecule has 2 aromatic rings. The zero-order valence-corrected chi connectivity index (χ0v) is 11.9. The summed E-state index contributed by atoms with van der Waals surface area (Å²) < 4.78 is 3.27. The fourth-order valence-electron chi connectivity index (χ4n) is 3.31. The van der Waals surface area contributed by atoms with E-state index in [0.717, 1.165) is 18.5 Å². The molecular weight excluding hydrogens is 250 g/mol. The minimum absolute atomic E-state index is 0.0182. The Morgan fingerprint density at radius 3 is 2.60 bits per heavy atom. The van der Waals surface area contributed by atoms with E-state index >= 15 is 0 Å². The summed E-state index contributed by atoms with van der Waals surface area (Å²) in [5.74, 6) is 0. The number of benzene rings is 1. The third-order valence-corrected chi connectivity index (χ3v) is 4.64. The largest absolute Gasteiger partial charge is 0.332 e. The highest BCUT2D eigenvalue weighted by Crippen LogP contribution is 2.40. The molecule has 0 aliphatic heterocycles. The Morgan fingerprint density at radius 2 is 2.00 bits per heavy atom. The van der Waals surface area contributed by atoms with Gasteiger partial charge in [-0.15, -0.1) is 0 Å². The maximum absolute atomic E-state index is 12.1. The maximum Gasteiger partial charge on any atom is 0.332 e. The van der Waals surface area contributed by atoms with E-state index in [1.165, 1.54) is 18.4 Å². The van der Waals surface area contributed by atoms with Crippen molar-refractivity contribution in [1.82, 2.24) is 9.13 Å². The summed E-state index contributed by atoms with van der Waals surface area (Å²) in [6.45, 7) is 0.681. The molecule has 0 unspecified atom stereocenters. The average Bonchev–Trinajstić information content (AvgIpc) is 3.08. The van der Waals surface area contributed by atoms with E-state index in [1.54, 1.807) is 22.4 Å². The second-order valence-electron chi connectivity index (χ2n) is 5.80. The first-order valence-electron chi connectivity index (χ1n) is 7.21. The lowest BCUT2D eigenvalue weighted by Crippen LogP contribution is -2.32. The van der Waals surface area contributed by atoms with Gasteiger partial charge >= 0.3 is 5.69 Å². The van der Waals surface area contributed by atoms with E-state index in [-0.39, 0.29) is 11.1 Å². The standard InChI is InChI=1S/C16H21N3O/c1-18-9-10-19(15(18)20)14-6-4-5-13(11-14)16(12-17)7-2-3-8-16/h4-6,9-11H,2-3,7-8,12,17H2,1H3. The van der Waals surface area contributed by atoms with Crippen molar-refractivity contribution in [3.8, 4) is 5.69 Å². The molecule has 20 heavy (non-hydrogen) atoms. The summed E-state index contributed by atoms with van der Waals surface area (Å²) in [7, 11) is 1.76. The van der Waals surface area contributed by atoms with Crippen LogP contribution < -0.4 is 11.4 Å². The van der Waals surface area contributed by atoms with Crippen LogP contribution in [0.4, 0.5) is 0 Å². The minimum atomic E-state index is -0.0182. The molecule has 1 fully saturated rings. The molecule has 1 heterocycles. The molecule has 1 aromatic carbocycles. The SMILES string of the molecule is Cn1ccn(-c2cccc(C3(CN)CCCC3)c2)c1=O. The summed E-state index contributed by atoms with van der Waals surface area (Å²) in [4.78, 5) is 12.1. The molecule has 4 heteroatoms. The van der Waals surface area contributed by atoms with E-state index in [9.17, 15) is 4.79 Å². The molecule has 4 nitrogen and oxygen atoms in total. The van der Waals surface area contributed by atoms with Gasteiger partial charge in [0.1, 0.15) is 0 Å². The molecule has 0 spiro atoms. The lowest BCUT2D eigenvalue weighted by molar-refractivity contribution is 0.453. The second-order valence-corrected chi connectivity index (χ2v) is 5.80. The number of aryl methyl sites for hydroxylation is 1. The Morgan fingerprint density at radius 1 is 1.25 bits per heavy atom.